The van der Waals surface area contributed by atoms with E-state index in [1.165, 1.54) is 6.20 Å². The first-order chi connectivity index (χ1) is 8.93. The van der Waals surface area contributed by atoms with E-state index in [4.69, 9.17) is 9.56 Å². The Bertz CT molecular complexity index is 747. The minimum atomic E-state index is -4.04. The lowest BCUT2D eigenvalue weighted by Gasteiger charge is -2.08. The minimum absolute atomic E-state index is 0.130. The van der Waals surface area contributed by atoms with E-state index in [-0.39, 0.29) is 16.5 Å². The smallest absolute Gasteiger partial charge is 0.388 e. The lowest BCUT2D eigenvalue weighted by molar-refractivity contribution is 0.523. The topological polar surface area (TPSA) is 132 Å². The van der Waals surface area contributed by atoms with E-state index in [0.29, 0.717) is 12.0 Å². The summed E-state index contributed by atoms with van der Waals surface area (Å²) in [5, 5.41) is 10.5. The SMILES string of the molecule is CCCc1ccnc(S(N)(=O)=O)c1-c1n[nH]c(=O)o1. The third kappa shape index (κ3) is 2.71. The number of rotatable bonds is 4. The molecule has 102 valence electrons. The van der Waals surface area contributed by atoms with Gasteiger partial charge in [0.05, 0.1) is 5.56 Å². The van der Waals surface area contributed by atoms with Crippen molar-refractivity contribution in [3.63, 3.8) is 0 Å². The van der Waals surface area contributed by atoms with Crippen LogP contribution in [0.3, 0.4) is 0 Å². The molecule has 0 aliphatic rings. The first-order valence-corrected chi connectivity index (χ1v) is 7.04. The van der Waals surface area contributed by atoms with E-state index in [1.54, 1.807) is 6.07 Å². The Morgan fingerprint density at radius 2 is 2.21 bits per heavy atom. The molecule has 0 aromatic carbocycles. The molecular formula is C10H12N4O4S. The van der Waals surface area contributed by atoms with Gasteiger partial charge in [-0.25, -0.2) is 28.4 Å². The summed E-state index contributed by atoms with van der Waals surface area (Å²) in [5.74, 6) is -0.910. The maximum Gasteiger partial charge on any atom is 0.434 e. The molecule has 3 N–H and O–H groups in total. The normalized spacial score (nSPS) is 11.7. The number of nitrogens with two attached hydrogens (primary N) is 1. The van der Waals surface area contributed by atoms with Crippen molar-refractivity contribution in [1.29, 1.82) is 0 Å². The molecule has 0 atom stereocenters. The molecule has 0 radical (unpaired) electrons. The van der Waals surface area contributed by atoms with E-state index in [9.17, 15) is 13.2 Å². The predicted octanol–water partition coefficient (Wildman–Crippen LogP) is 0.0248. The summed E-state index contributed by atoms with van der Waals surface area (Å²) >= 11 is 0. The van der Waals surface area contributed by atoms with Gasteiger partial charge in [0.2, 0.25) is 0 Å². The summed E-state index contributed by atoms with van der Waals surface area (Å²) in [6.07, 6.45) is 2.70. The maximum absolute atomic E-state index is 11.5. The van der Waals surface area contributed by atoms with Gasteiger partial charge in [0.1, 0.15) is 0 Å². The highest BCUT2D eigenvalue weighted by Crippen LogP contribution is 2.27. The Morgan fingerprint density at radius 1 is 1.47 bits per heavy atom. The molecular weight excluding hydrogens is 272 g/mol. The van der Waals surface area contributed by atoms with Crippen LogP contribution in [-0.4, -0.2) is 23.6 Å². The van der Waals surface area contributed by atoms with Crippen LogP contribution in [0.2, 0.25) is 0 Å². The van der Waals surface area contributed by atoms with Gasteiger partial charge in [-0.1, -0.05) is 13.3 Å². The fourth-order valence-corrected chi connectivity index (χ4v) is 2.45. The summed E-state index contributed by atoms with van der Waals surface area (Å²) in [5.41, 5.74) is 0.780. The van der Waals surface area contributed by atoms with E-state index in [1.807, 2.05) is 6.92 Å². The van der Waals surface area contributed by atoms with Crippen LogP contribution in [0.25, 0.3) is 11.5 Å². The fraction of sp³-hybridized carbons (Fsp3) is 0.300. The molecule has 2 heterocycles. The molecule has 0 fully saturated rings. The third-order valence-corrected chi connectivity index (χ3v) is 3.29. The molecule has 19 heavy (non-hydrogen) atoms. The number of hydrogen-bond acceptors (Lipinski definition) is 6. The molecule has 8 nitrogen and oxygen atoms in total. The number of hydrogen-bond donors (Lipinski definition) is 2. The van der Waals surface area contributed by atoms with E-state index in [2.05, 4.69) is 15.2 Å². The summed E-state index contributed by atoms with van der Waals surface area (Å²) in [6, 6.07) is 1.64. The minimum Gasteiger partial charge on any atom is -0.388 e. The molecule has 0 spiro atoms. The lowest BCUT2D eigenvalue weighted by Crippen LogP contribution is -2.16. The zero-order valence-electron chi connectivity index (χ0n) is 10.1. The van der Waals surface area contributed by atoms with E-state index >= 15 is 0 Å². The molecule has 0 aliphatic heterocycles. The summed E-state index contributed by atoms with van der Waals surface area (Å²) in [4.78, 5) is 14.8. The zero-order chi connectivity index (χ0) is 14.0. The van der Waals surface area contributed by atoms with Crippen molar-refractivity contribution in [2.75, 3.05) is 0 Å². The monoisotopic (exact) mass is 284 g/mol. The van der Waals surface area contributed by atoms with Gasteiger partial charge in [0, 0.05) is 6.20 Å². The van der Waals surface area contributed by atoms with Crippen LogP contribution in [-0.2, 0) is 16.4 Å². The highest BCUT2D eigenvalue weighted by Gasteiger charge is 2.23. The highest BCUT2D eigenvalue weighted by molar-refractivity contribution is 7.89. The average molecular weight is 284 g/mol. The molecule has 0 aliphatic carbocycles. The Kier molecular flexibility index (Phi) is 3.49. The quantitative estimate of drug-likeness (QED) is 0.813. The van der Waals surface area contributed by atoms with Gasteiger partial charge in [-0.15, -0.1) is 5.10 Å². The van der Waals surface area contributed by atoms with Gasteiger partial charge < -0.3 is 4.42 Å². The van der Waals surface area contributed by atoms with Crippen LogP contribution in [0.4, 0.5) is 0 Å². The molecule has 2 aromatic rings. The van der Waals surface area contributed by atoms with Crippen molar-refractivity contribution in [3.05, 3.63) is 28.4 Å². The molecule has 2 aromatic heterocycles. The van der Waals surface area contributed by atoms with Crippen LogP contribution in [0, 0.1) is 0 Å². The van der Waals surface area contributed by atoms with Crippen molar-refractivity contribution in [2.45, 2.75) is 24.8 Å². The Labute approximate surface area is 108 Å². The second-order valence-corrected chi connectivity index (χ2v) is 5.34. The highest BCUT2D eigenvalue weighted by atomic mass is 32.2. The molecule has 9 heteroatoms. The lowest BCUT2D eigenvalue weighted by atomic mass is 10.1. The molecule has 2 rings (SSSR count). The number of nitrogens with zero attached hydrogens (tertiary/aromatic N) is 2. The standard InChI is InChI=1S/C10H12N4O4S/c1-2-3-6-4-5-12-9(19(11,16)17)7(6)8-13-14-10(15)18-8/h4-5H,2-3H2,1H3,(H,14,15)(H2,11,16,17). The number of aromatic nitrogens is 3. The molecule has 0 bridgehead atoms. The van der Waals surface area contributed by atoms with E-state index in [0.717, 1.165) is 6.42 Å². The van der Waals surface area contributed by atoms with Crippen LogP contribution >= 0.6 is 0 Å². The van der Waals surface area contributed by atoms with Crippen molar-refractivity contribution < 1.29 is 12.8 Å². The average Bonchev–Trinajstić information content (AvgIpc) is 2.74. The first-order valence-electron chi connectivity index (χ1n) is 5.50. The van der Waals surface area contributed by atoms with Crippen LogP contribution in [0.1, 0.15) is 18.9 Å². The number of aryl methyl sites for hydroxylation is 1. The Hall–Kier alpha value is -2.00. The predicted molar refractivity (Wildman–Crippen MR) is 65.7 cm³/mol. The molecule has 0 amide bonds. The number of aromatic amines is 1. The summed E-state index contributed by atoms with van der Waals surface area (Å²) in [6.45, 7) is 1.93. The van der Waals surface area contributed by atoms with Crippen molar-refractivity contribution in [1.82, 2.24) is 15.2 Å². The Morgan fingerprint density at radius 3 is 2.74 bits per heavy atom. The molecule has 0 saturated heterocycles. The van der Waals surface area contributed by atoms with Crippen molar-refractivity contribution >= 4 is 10.0 Å². The van der Waals surface area contributed by atoms with Crippen LogP contribution < -0.4 is 10.9 Å². The first kappa shape index (κ1) is 13.4. The van der Waals surface area contributed by atoms with Gasteiger partial charge in [-0.05, 0) is 18.1 Å². The number of sulfonamides is 1. The fourth-order valence-electron chi connectivity index (χ4n) is 1.74. The molecule has 0 saturated carbocycles. The molecule has 0 unspecified atom stereocenters. The van der Waals surface area contributed by atoms with Gasteiger partial charge in [0.25, 0.3) is 15.9 Å². The van der Waals surface area contributed by atoms with Gasteiger partial charge >= 0.3 is 5.76 Å². The Balaban J connectivity index is 2.76. The number of nitrogens with one attached hydrogen (secondary N) is 1. The van der Waals surface area contributed by atoms with Crippen LogP contribution in [0.5, 0.6) is 0 Å². The van der Waals surface area contributed by atoms with Crippen molar-refractivity contribution in [3.8, 4) is 11.5 Å². The zero-order valence-corrected chi connectivity index (χ0v) is 10.9. The summed E-state index contributed by atoms with van der Waals surface area (Å²) < 4.78 is 27.9. The van der Waals surface area contributed by atoms with Gasteiger partial charge in [-0.2, -0.15) is 0 Å². The second kappa shape index (κ2) is 4.94. The van der Waals surface area contributed by atoms with Gasteiger partial charge in [0.15, 0.2) is 5.03 Å². The largest absolute Gasteiger partial charge is 0.434 e. The maximum atomic E-state index is 11.5. The summed E-state index contributed by atoms with van der Waals surface area (Å²) in [7, 11) is -4.04. The number of pyridine rings is 1. The van der Waals surface area contributed by atoms with Gasteiger partial charge in [-0.3, -0.25) is 0 Å². The second-order valence-electron chi connectivity index (χ2n) is 3.86. The van der Waals surface area contributed by atoms with E-state index < -0.39 is 15.8 Å². The van der Waals surface area contributed by atoms with Crippen LogP contribution in [0.15, 0.2) is 26.5 Å². The third-order valence-electron chi connectivity index (χ3n) is 2.44. The number of H-pyrrole nitrogens is 1. The van der Waals surface area contributed by atoms with Crippen molar-refractivity contribution in [2.24, 2.45) is 5.14 Å². The number of primary sulfonamides is 1.